The molecule has 21 heavy (non-hydrogen) atoms. The molecule has 3 heterocycles. The number of H-pyrrole nitrogens is 1. The average molecular weight is 325 g/mol. The van der Waals surface area contributed by atoms with Gasteiger partial charge < -0.3 is 9.88 Å². The summed E-state index contributed by atoms with van der Waals surface area (Å²) < 4.78 is 26.5. The lowest BCUT2D eigenvalue weighted by Crippen LogP contribution is -2.15. The van der Waals surface area contributed by atoms with E-state index in [0.717, 1.165) is 11.0 Å². The normalized spacial score (nSPS) is 12.7. The standard InChI is InChI=1S/C12H12FN5OS2/c1-18(2)11-10(13)9(14-6-15-11)5-21(19)12-16-7-3-20-4-8(7)17-12/h3-4,6H,5H2,1-2H3,(H,16,17). The molecule has 0 aliphatic rings. The highest BCUT2D eigenvalue weighted by Crippen LogP contribution is 2.21. The van der Waals surface area contributed by atoms with Gasteiger partial charge in [-0.25, -0.2) is 19.3 Å². The van der Waals surface area contributed by atoms with E-state index < -0.39 is 16.6 Å². The Hall–Kier alpha value is -1.87. The second-order valence-electron chi connectivity index (χ2n) is 4.55. The lowest BCUT2D eigenvalue weighted by molar-refractivity contribution is 0.596. The zero-order valence-corrected chi connectivity index (χ0v) is 13.0. The third-order valence-electron chi connectivity index (χ3n) is 2.86. The first-order valence-corrected chi connectivity index (χ1v) is 8.29. The SMILES string of the molecule is CN(C)c1ncnc(CS(=O)c2nc3cscc3[nH]2)c1F. The highest BCUT2D eigenvalue weighted by atomic mass is 32.2. The third kappa shape index (κ3) is 2.66. The number of aromatic nitrogens is 4. The smallest absolute Gasteiger partial charge is 0.197 e. The van der Waals surface area contributed by atoms with Crippen LogP contribution in [0.4, 0.5) is 10.2 Å². The number of rotatable bonds is 4. The van der Waals surface area contributed by atoms with E-state index in [-0.39, 0.29) is 17.3 Å². The molecule has 0 bridgehead atoms. The van der Waals surface area contributed by atoms with Crippen LogP contribution >= 0.6 is 11.3 Å². The average Bonchev–Trinajstić information content (AvgIpc) is 3.01. The number of nitrogens with zero attached hydrogens (tertiary/aromatic N) is 4. The van der Waals surface area contributed by atoms with E-state index in [1.54, 1.807) is 19.0 Å². The van der Waals surface area contributed by atoms with E-state index in [4.69, 9.17) is 0 Å². The lowest BCUT2D eigenvalue weighted by atomic mass is 10.4. The summed E-state index contributed by atoms with van der Waals surface area (Å²) in [6.07, 6.45) is 1.27. The third-order valence-corrected chi connectivity index (χ3v) is 4.75. The molecule has 3 aromatic rings. The summed E-state index contributed by atoms with van der Waals surface area (Å²) in [5.41, 5.74) is 1.71. The van der Waals surface area contributed by atoms with Crippen molar-refractivity contribution in [2.75, 3.05) is 19.0 Å². The van der Waals surface area contributed by atoms with E-state index >= 15 is 0 Å². The molecule has 0 radical (unpaired) electrons. The van der Waals surface area contributed by atoms with Gasteiger partial charge in [-0.15, -0.1) is 11.3 Å². The van der Waals surface area contributed by atoms with Crippen LogP contribution < -0.4 is 4.90 Å². The first-order valence-electron chi connectivity index (χ1n) is 6.03. The fourth-order valence-corrected chi connectivity index (χ4v) is 3.53. The minimum absolute atomic E-state index is 0.0469. The Balaban J connectivity index is 1.88. The Morgan fingerprint density at radius 1 is 1.38 bits per heavy atom. The molecule has 0 aliphatic carbocycles. The van der Waals surface area contributed by atoms with Gasteiger partial charge in [-0.2, -0.15) is 0 Å². The highest BCUT2D eigenvalue weighted by Gasteiger charge is 2.18. The molecule has 110 valence electrons. The van der Waals surface area contributed by atoms with Crippen LogP contribution in [-0.4, -0.2) is 38.2 Å². The van der Waals surface area contributed by atoms with Gasteiger partial charge in [0.1, 0.15) is 11.8 Å². The summed E-state index contributed by atoms with van der Waals surface area (Å²) in [6.45, 7) is 0. The zero-order valence-electron chi connectivity index (χ0n) is 11.3. The van der Waals surface area contributed by atoms with Crippen molar-refractivity contribution in [1.82, 2.24) is 19.9 Å². The largest absolute Gasteiger partial charge is 0.360 e. The van der Waals surface area contributed by atoms with Gasteiger partial charge in [-0.3, -0.25) is 4.21 Å². The van der Waals surface area contributed by atoms with Gasteiger partial charge in [0.15, 0.2) is 16.8 Å². The first kappa shape index (κ1) is 14.1. The molecule has 0 aliphatic heterocycles. The molecule has 1 atom stereocenters. The lowest BCUT2D eigenvalue weighted by Gasteiger charge is -2.12. The molecule has 0 amide bonds. The fourth-order valence-electron chi connectivity index (χ4n) is 1.83. The summed E-state index contributed by atoms with van der Waals surface area (Å²) in [6, 6.07) is 0. The van der Waals surface area contributed by atoms with Crippen LogP contribution in [0, 0.1) is 5.82 Å². The Bertz CT molecular complexity index is 784. The molecule has 1 N–H and O–H groups in total. The Kier molecular flexibility index (Phi) is 3.68. The molecule has 0 saturated carbocycles. The van der Waals surface area contributed by atoms with Crippen molar-refractivity contribution >= 4 is 39.0 Å². The summed E-state index contributed by atoms with van der Waals surface area (Å²) >= 11 is 1.51. The van der Waals surface area contributed by atoms with Crippen molar-refractivity contribution in [2.24, 2.45) is 0 Å². The quantitative estimate of drug-likeness (QED) is 0.793. The number of thiophene rings is 1. The van der Waals surface area contributed by atoms with E-state index in [0.29, 0.717) is 5.16 Å². The number of halogens is 1. The molecular weight excluding hydrogens is 313 g/mol. The van der Waals surface area contributed by atoms with E-state index in [1.165, 1.54) is 17.7 Å². The maximum atomic E-state index is 14.2. The van der Waals surface area contributed by atoms with Gasteiger partial charge >= 0.3 is 0 Å². The predicted molar refractivity (Wildman–Crippen MR) is 80.4 cm³/mol. The molecule has 9 heteroatoms. The van der Waals surface area contributed by atoms with Gasteiger partial charge in [0.05, 0.1) is 27.8 Å². The fraction of sp³-hybridized carbons (Fsp3) is 0.250. The van der Waals surface area contributed by atoms with Crippen molar-refractivity contribution in [3.63, 3.8) is 0 Å². The van der Waals surface area contributed by atoms with Crippen molar-refractivity contribution in [3.05, 3.63) is 28.6 Å². The Morgan fingerprint density at radius 2 is 2.19 bits per heavy atom. The van der Waals surface area contributed by atoms with Crippen molar-refractivity contribution in [3.8, 4) is 0 Å². The molecule has 6 nitrogen and oxygen atoms in total. The van der Waals surface area contributed by atoms with Gasteiger partial charge in [0.25, 0.3) is 0 Å². The summed E-state index contributed by atoms with van der Waals surface area (Å²) in [4.78, 5) is 16.5. The minimum Gasteiger partial charge on any atom is -0.360 e. The molecule has 1 unspecified atom stereocenters. The number of fused-ring (bicyclic) bond motifs is 1. The first-order chi connectivity index (χ1) is 10.1. The van der Waals surface area contributed by atoms with Crippen LogP contribution in [-0.2, 0) is 16.6 Å². The maximum Gasteiger partial charge on any atom is 0.197 e. The number of aromatic amines is 1. The monoisotopic (exact) mass is 325 g/mol. The second-order valence-corrected chi connectivity index (χ2v) is 6.66. The molecule has 0 fully saturated rings. The minimum atomic E-state index is -1.49. The molecular formula is C12H12FN5OS2. The number of imidazole rings is 1. The van der Waals surface area contributed by atoms with Crippen LogP contribution in [0.1, 0.15) is 5.69 Å². The predicted octanol–water partition coefficient (Wildman–Crippen LogP) is 1.93. The van der Waals surface area contributed by atoms with Crippen LogP contribution in [0.15, 0.2) is 22.2 Å². The Morgan fingerprint density at radius 3 is 2.90 bits per heavy atom. The van der Waals surface area contributed by atoms with E-state index in [9.17, 15) is 8.60 Å². The van der Waals surface area contributed by atoms with Crippen LogP contribution in [0.2, 0.25) is 0 Å². The number of anilines is 1. The van der Waals surface area contributed by atoms with Gasteiger partial charge in [0.2, 0.25) is 0 Å². The van der Waals surface area contributed by atoms with Crippen LogP contribution in [0.3, 0.4) is 0 Å². The van der Waals surface area contributed by atoms with E-state index in [2.05, 4.69) is 19.9 Å². The summed E-state index contributed by atoms with van der Waals surface area (Å²) in [7, 11) is 1.89. The second kappa shape index (κ2) is 5.49. The molecule has 0 spiro atoms. The highest BCUT2D eigenvalue weighted by molar-refractivity contribution is 7.84. The van der Waals surface area contributed by atoms with E-state index in [1.807, 2.05) is 10.8 Å². The topological polar surface area (TPSA) is 74.8 Å². The summed E-state index contributed by atoms with van der Waals surface area (Å²) in [5.74, 6) is -0.421. The van der Waals surface area contributed by atoms with Gasteiger partial charge in [-0.05, 0) is 0 Å². The molecule has 3 rings (SSSR count). The summed E-state index contributed by atoms with van der Waals surface area (Å²) in [5, 5.41) is 4.08. The van der Waals surface area contributed by atoms with Gasteiger partial charge in [-0.1, -0.05) is 0 Å². The van der Waals surface area contributed by atoms with Crippen LogP contribution in [0.5, 0.6) is 0 Å². The number of hydrogen-bond donors (Lipinski definition) is 1. The van der Waals surface area contributed by atoms with Gasteiger partial charge in [0, 0.05) is 24.9 Å². The molecule has 3 aromatic heterocycles. The molecule has 0 aromatic carbocycles. The zero-order chi connectivity index (χ0) is 15.0. The van der Waals surface area contributed by atoms with Crippen molar-refractivity contribution in [2.45, 2.75) is 10.9 Å². The Labute approximate surface area is 126 Å². The maximum absolute atomic E-state index is 14.2. The van der Waals surface area contributed by atoms with Crippen LogP contribution in [0.25, 0.3) is 11.0 Å². The number of nitrogens with one attached hydrogen (secondary N) is 1. The van der Waals surface area contributed by atoms with Crippen molar-refractivity contribution < 1.29 is 8.60 Å². The number of hydrogen-bond acceptors (Lipinski definition) is 6. The molecule has 0 saturated heterocycles. The van der Waals surface area contributed by atoms with Crippen molar-refractivity contribution in [1.29, 1.82) is 0 Å².